The van der Waals surface area contributed by atoms with Crippen LogP contribution in [0.25, 0.3) is 0 Å². The zero-order valence-electron chi connectivity index (χ0n) is 15.0. The van der Waals surface area contributed by atoms with Crippen LogP contribution < -0.4 is 15.4 Å². The van der Waals surface area contributed by atoms with Crippen molar-refractivity contribution in [3.8, 4) is 5.75 Å². The number of aryl methyl sites for hydroxylation is 1. The third-order valence-corrected chi connectivity index (χ3v) is 3.27. The Morgan fingerprint density at radius 1 is 1.26 bits per heavy atom. The molecule has 2 N–H and O–H groups in total. The van der Waals surface area contributed by atoms with Crippen molar-refractivity contribution in [2.24, 2.45) is 4.99 Å². The summed E-state index contributed by atoms with van der Waals surface area (Å²) in [6.07, 6.45) is 1.09. The summed E-state index contributed by atoms with van der Waals surface area (Å²) in [6, 6.07) is 6.21. The van der Waals surface area contributed by atoms with Crippen LogP contribution in [0.4, 0.5) is 0 Å². The van der Waals surface area contributed by atoms with Crippen LogP contribution in [0.1, 0.15) is 24.5 Å². The second-order valence-corrected chi connectivity index (χ2v) is 5.59. The van der Waals surface area contributed by atoms with E-state index in [2.05, 4.69) is 60.6 Å². The van der Waals surface area contributed by atoms with E-state index in [-0.39, 0.29) is 24.0 Å². The molecule has 0 unspecified atom stereocenters. The number of nitrogens with zero attached hydrogens (tertiary/aromatic N) is 2. The molecular formula is C17H31IN4O. The number of methoxy groups -OCH3 is 1. The number of benzene rings is 1. The second-order valence-electron chi connectivity index (χ2n) is 5.59. The molecule has 132 valence electrons. The van der Waals surface area contributed by atoms with Gasteiger partial charge in [0.2, 0.25) is 0 Å². The van der Waals surface area contributed by atoms with Crippen LogP contribution in [-0.4, -0.2) is 51.7 Å². The summed E-state index contributed by atoms with van der Waals surface area (Å²) in [6.45, 7) is 7.57. The lowest BCUT2D eigenvalue weighted by molar-refractivity contribution is 0.399. The summed E-state index contributed by atoms with van der Waals surface area (Å²) >= 11 is 0. The Labute approximate surface area is 157 Å². The van der Waals surface area contributed by atoms with Gasteiger partial charge in [0.25, 0.3) is 0 Å². The van der Waals surface area contributed by atoms with Gasteiger partial charge >= 0.3 is 0 Å². The summed E-state index contributed by atoms with van der Waals surface area (Å²) in [5, 5.41) is 6.64. The molecular weight excluding hydrogens is 403 g/mol. The van der Waals surface area contributed by atoms with Gasteiger partial charge in [-0.25, -0.2) is 4.99 Å². The Morgan fingerprint density at radius 2 is 2.00 bits per heavy atom. The zero-order chi connectivity index (χ0) is 16.4. The van der Waals surface area contributed by atoms with Gasteiger partial charge < -0.3 is 20.3 Å². The third kappa shape index (κ3) is 9.00. The SMILES string of the molecule is CCNC(=NCc1ccc(C)cc1OC)NCCCN(C)C.I. The number of guanidine groups is 1. The smallest absolute Gasteiger partial charge is 0.191 e. The molecule has 0 aliphatic carbocycles. The van der Waals surface area contributed by atoms with Gasteiger partial charge in [0.05, 0.1) is 13.7 Å². The number of ether oxygens (including phenoxy) is 1. The minimum absolute atomic E-state index is 0. The van der Waals surface area contributed by atoms with Crippen molar-refractivity contribution in [3.63, 3.8) is 0 Å². The predicted octanol–water partition coefficient (Wildman–Crippen LogP) is 2.63. The van der Waals surface area contributed by atoms with Crippen LogP contribution in [0.15, 0.2) is 23.2 Å². The summed E-state index contributed by atoms with van der Waals surface area (Å²) in [7, 11) is 5.87. The molecule has 23 heavy (non-hydrogen) atoms. The Morgan fingerprint density at radius 3 is 2.61 bits per heavy atom. The fraction of sp³-hybridized carbons (Fsp3) is 0.588. The Balaban J connectivity index is 0.00000484. The van der Waals surface area contributed by atoms with Gasteiger partial charge in [-0.2, -0.15) is 0 Å². The first-order valence-electron chi connectivity index (χ1n) is 7.87. The molecule has 0 saturated carbocycles. The van der Waals surface area contributed by atoms with Crippen molar-refractivity contribution >= 4 is 29.9 Å². The van der Waals surface area contributed by atoms with E-state index in [1.54, 1.807) is 7.11 Å². The second kappa shape index (κ2) is 12.4. The lowest BCUT2D eigenvalue weighted by atomic mass is 10.1. The van der Waals surface area contributed by atoms with E-state index >= 15 is 0 Å². The maximum Gasteiger partial charge on any atom is 0.191 e. The van der Waals surface area contributed by atoms with Crippen LogP contribution in [0.2, 0.25) is 0 Å². The molecule has 0 saturated heterocycles. The molecule has 1 aromatic carbocycles. The van der Waals surface area contributed by atoms with E-state index < -0.39 is 0 Å². The lowest BCUT2D eigenvalue weighted by Crippen LogP contribution is -2.38. The fourth-order valence-corrected chi connectivity index (χ4v) is 2.09. The molecule has 0 aliphatic heterocycles. The van der Waals surface area contributed by atoms with Gasteiger partial charge in [0, 0.05) is 18.7 Å². The summed E-state index contributed by atoms with van der Waals surface area (Å²) in [4.78, 5) is 6.82. The van der Waals surface area contributed by atoms with Crippen LogP contribution in [0.5, 0.6) is 5.75 Å². The minimum Gasteiger partial charge on any atom is -0.496 e. The van der Waals surface area contributed by atoms with Crippen LogP contribution >= 0.6 is 24.0 Å². The van der Waals surface area contributed by atoms with E-state index in [9.17, 15) is 0 Å². The monoisotopic (exact) mass is 434 g/mol. The van der Waals surface area contributed by atoms with Crippen molar-refractivity contribution in [2.45, 2.75) is 26.8 Å². The molecule has 6 heteroatoms. The summed E-state index contributed by atoms with van der Waals surface area (Å²) < 4.78 is 5.43. The Bertz CT molecular complexity index is 478. The van der Waals surface area contributed by atoms with Crippen molar-refractivity contribution in [2.75, 3.05) is 40.8 Å². The number of halogens is 1. The van der Waals surface area contributed by atoms with Gasteiger partial charge in [0.15, 0.2) is 5.96 Å². The molecule has 0 aliphatic rings. The van der Waals surface area contributed by atoms with Crippen LogP contribution in [0, 0.1) is 6.92 Å². The number of hydrogen-bond donors (Lipinski definition) is 2. The molecule has 5 nitrogen and oxygen atoms in total. The van der Waals surface area contributed by atoms with Gasteiger partial charge in [0.1, 0.15) is 5.75 Å². The Kier molecular flexibility index (Phi) is 11.9. The maximum atomic E-state index is 5.43. The fourth-order valence-electron chi connectivity index (χ4n) is 2.09. The number of nitrogens with one attached hydrogen (secondary N) is 2. The lowest BCUT2D eigenvalue weighted by Gasteiger charge is -2.14. The van der Waals surface area contributed by atoms with Crippen LogP contribution in [0.3, 0.4) is 0 Å². The third-order valence-electron chi connectivity index (χ3n) is 3.27. The standard InChI is InChI=1S/C17H30N4O.HI/c1-6-18-17(19-10-7-11-21(3)4)20-13-15-9-8-14(2)12-16(15)22-5;/h8-9,12H,6-7,10-11,13H2,1-5H3,(H2,18,19,20);1H. The minimum atomic E-state index is 0. The largest absolute Gasteiger partial charge is 0.496 e. The summed E-state index contributed by atoms with van der Waals surface area (Å²) in [5.74, 6) is 1.75. The van der Waals surface area contributed by atoms with E-state index in [1.165, 1.54) is 5.56 Å². The van der Waals surface area contributed by atoms with E-state index in [4.69, 9.17) is 4.74 Å². The quantitative estimate of drug-likeness (QED) is 0.286. The molecule has 0 fully saturated rings. The molecule has 1 rings (SSSR count). The van der Waals surface area contributed by atoms with Crippen molar-refractivity contribution in [3.05, 3.63) is 29.3 Å². The molecule has 0 radical (unpaired) electrons. The molecule has 0 amide bonds. The van der Waals surface area contributed by atoms with Crippen molar-refractivity contribution in [1.82, 2.24) is 15.5 Å². The topological polar surface area (TPSA) is 48.9 Å². The van der Waals surface area contributed by atoms with E-state index in [1.807, 2.05) is 6.07 Å². The maximum absolute atomic E-state index is 5.43. The highest BCUT2D eigenvalue weighted by Gasteiger charge is 2.03. The van der Waals surface area contributed by atoms with E-state index in [0.29, 0.717) is 6.54 Å². The highest BCUT2D eigenvalue weighted by Crippen LogP contribution is 2.20. The van der Waals surface area contributed by atoms with E-state index in [0.717, 1.165) is 43.3 Å². The molecule has 0 spiro atoms. The van der Waals surface area contributed by atoms with Gasteiger partial charge in [-0.05, 0) is 52.5 Å². The number of rotatable bonds is 8. The first kappa shape index (κ1) is 22.0. The molecule has 0 heterocycles. The molecule has 0 atom stereocenters. The highest BCUT2D eigenvalue weighted by atomic mass is 127. The predicted molar refractivity (Wildman–Crippen MR) is 109 cm³/mol. The number of aliphatic imine (C=N–C) groups is 1. The summed E-state index contributed by atoms with van der Waals surface area (Å²) in [5.41, 5.74) is 2.29. The Hall–Kier alpha value is -1.02. The average Bonchev–Trinajstić information content (AvgIpc) is 2.49. The first-order chi connectivity index (χ1) is 10.6. The molecule has 1 aromatic rings. The highest BCUT2D eigenvalue weighted by molar-refractivity contribution is 14.0. The van der Waals surface area contributed by atoms with Gasteiger partial charge in [-0.3, -0.25) is 0 Å². The first-order valence-corrected chi connectivity index (χ1v) is 7.87. The molecule has 0 aromatic heterocycles. The zero-order valence-corrected chi connectivity index (χ0v) is 17.3. The van der Waals surface area contributed by atoms with Gasteiger partial charge in [-0.1, -0.05) is 12.1 Å². The number of hydrogen-bond acceptors (Lipinski definition) is 3. The van der Waals surface area contributed by atoms with Crippen LogP contribution in [-0.2, 0) is 6.54 Å². The average molecular weight is 434 g/mol. The normalized spacial score (nSPS) is 11.1. The van der Waals surface area contributed by atoms with Gasteiger partial charge in [-0.15, -0.1) is 24.0 Å². The molecule has 0 bridgehead atoms. The van der Waals surface area contributed by atoms with Crippen molar-refractivity contribution < 1.29 is 4.74 Å². The van der Waals surface area contributed by atoms with Crippen molar-refractivity contribution in [1.29, 1.82) is 0 Å².